The summed E-state index contributed by atoms with van der Waals surface area (Å²) >= 11 is 1.16. The van der Waals surface area contributed by atoms with Gasteiger partial charge in [-0.2, -0.15) is 0 Å². The number of halogens is 1. The Hall–Kier alpha value is -3.66. The third kappa shape index (κ3) is 6.19. The van der Waals surface area contributed by atoms with Crippen molar-refractivity contribution in [2.45, 2.75) is 24.7 Å². The van der Waals surface area contributed by atoms with Crippen LogP contribution in [0.25, 0.3) is 0 Å². The third-order valence-electron chi connectivity index (χ3n) is 4.62. The molecule has 2 N–H and O–H groups in total. The van der Waals surface area contributed by atoms with Crippen molar-refractivity contribution in [1.82, 2.24) is 20.1 Å². The van der Waals surface area contributed by atoms with E-state index in [1.165, 1.54) is 12.1 Å². The van der Waals surface area contributed by atoms with Crippen molar-refractivity contribution < 1.29 is 18.7 Å². The molecular formula is C23H24FN5O3S. The minimum atomic E-state index is -0.505. The Labute approximate surface area is 195 Å². The molecule has 3 aromatic rings. The maximum Gasteiger partial charge on any atom is 0.251 e. The molecule has 1 atom stereocenters. The van der Waals surface area contributed by atoms with Gasteiger partial charge in [-0.25, -0.2) is 4.39 Å². The van der Waals surface area contributed by atoms with Gasteiger partial charge < -0.3 is 19.9 Å². The summed E-state index contributed by atoms with van der Waals surface area (Å²) in [5.41, 5.74) is 0.600. The average molecular weight is 470 g/mol. The average Bonchev–Trinajstić information content (AvgIpc) is 3.22. The zero-order chi connectivity index (χ0) is 23.8. The second kappa shape index (κ2) is 11.3. The van der Waals surface area contributed by atoms with Gasteiger partial charge in [-0.1, -0.05) is 30.0 Å². The number of thioether (sulfide) groups is 1. The summed E-state index contributed by atoms with van der Waals surface area (Å²) in [6, 6.07) is 12.3. The van der Waals surface area contributed by atoms with Crippen molar-refractivity contribution >= 4 is 29.3 Å². The Morgan fingerprint density at radius 2 is 1.94 bits per heavy atom. The number of hydrogen-bond donors (Lipinski definition) is 2. The van der Waals surface area contributed by atoms with Crippen LogP contribution in [0.5, 0.6) is 5.75 Å². The third-order valence-corrected chi connectivity index (χ3v) is 5.59. The molecule has 172 valence electrons. The van der Waals surface area contributed by atoms with Crippen molar-refractivity contribution in [2.24, 2.45) is 0 Å². The number of rotatable bonds is 10. The molecule has 3 rings (SSSR count). The predicted octanol–water partition coefficient (Wildman–Crippen LogP) is 3.83. The van der Waals surface area contributed by atoms with Crippen molar-refractivity contribution in [3.05, 3.63) is 78.4 Å². The molecule has 0 unspecified atom stereocenters. The Bertz CT molecular complexity index is 1130. The van der Waals surface area contributed by atoms with E-state index in [0.717, 1.165) is 11.8 Å². The number of aromatic nitrogens is 3. The summed E-state index contributed by atoms with van der Waals surface area (Å²) < 4.78 is 20.6. The molecule has 0 aliphatic heterocycles. The summed E-state index contributed by atoms with van der Waals surface area (Å²) in [4.78, 5) is 24.9. The Kier molecular flexibility index (Phi) is 8.20. The lowest BCUT2D eigenvalue weighted by molar-refractivity contribution is -0.113. The molecule has 0 fully saturated rings. The van der Waals surface area contributed by atoms with Crippen LogP contribution in [0.3, 0.4) is 0 Å². The van der Waals surface area contributed by atoms with Crippen LogP contribution in [0.15, 0.2) is 66.3 Å². The zero-order valence-electron chi connectivity index (χ0n) is 18.2. The first kappa shape index (κ1) is 24.0. The molecule has 0 radical (unpaired) electrons. The van der Waals surface area contributed by atoms with E-state index < -0.39 is 11.9 Å². The number of allylic oxidation sites excluding steroid dienone is 1. The van der Waals surface area contributed by atoms with Gasteiger partial charge in [0.05, 0.1) is 24.6 Å². The topological polar surface area (TPSA) is 98.1 Å². The van der Waals surface area contributed by atoms with E-state index in [9.17, 15) is 14.0 Å². The maximum absolute atomic E-state index is 13.7. The molecule has 0 saturated carbocycles. The molecule has 1 aromatic heterocycles. The van der Waals surface area contributed by atoms with Crippen molar-refractivity contribution in [3.8, 4) is 5.75 Å². The SMILES string of the molecule is C=CCn1c(SCC(=O)Nc2ccccc2F)nnc1[C@@H](C)NC(=O)c1ccc(OC)cc1. The summed E-state index contributed by atoms with van der Waals surface area (Å²) in [6.45, 7) is 5.94. The molecule has 0 spiro atoms. The normalized spacial score (nSPS) is 11.5. The van der Waals surface area contributed by atoms with Crippen LogP contribution in [-0.2, 0) is 11.3 Å². The predicted molar refractivity (Wildman–Crippen MR) is 125 cm³/mol. The molecule has 0 aliphatic carbocycles. The number of nitrogens with one attached hydrogen (secondary N) is 2. The largest absolute Gasteiger partial charge is 0.497 e. The van der Waals surface area contributed by atoms with Crippen molar-refractivity contribution in [2.75, 3.05) is 18.2 Å². The van der Waals surface area contributed by atoms with Crippen LogP contribution >= 0.6 is 11.8 Å². The fourth-order valence-corrected chi connectivity index (χ4v) is 3.75. The molecule has 0 bridgehead atoms. The monoisotopic (exact) mass is 469 g/mol. The van der Waals surface area contributed by atoms with E-state index in [0.29, 0.717) is 28.8 Å². The van der Waals surface area contributed by atoms with Gasteiger partial charge in [0.2, 0.25) is 5.91 Å². The Morgan fingerprint density at radius 3 is 2.61 bits per heavy atom. The van der Waals surface area contributed by atoms with E-state index in [1.54, 1.807) is 61.1 Å². The number of anilines is 1. The first-order valence-electron chi connectivity index (χ1n) is 10.1. The lowest BCUT2D eigenvalue weighted by Gasteiger charge is -2.15. The number of benzene rings is 2. The minimum Gasteiger partial charge on any atom is -0.497 e. The summed E-state index contributed by atoms with van der Waals surface area (Å²) in [6.07, 6.45) is 1.67. The molecule has 0 aliphatic rings. The molecule has 2 amide bonds. The number of methoxy groups -OCH3 is 1. The van der Waals surface area contributed by atoms with Crippen LogP contribution in [0.4, 0.5) is 10.1 Å². The first-order chi connectivity index (χ1) is 15.9. The standard InChI is InChI=1S/C23H24FN5O3S/c1-4-13-29-21(15(2)25-22(31)16-9-11-17(32-3)12-10-16)27-28-23(29)33-14-20(30)26-19-8-6-5-7-18(19)24/h4-12,15H,1,13-14H2,2-3H3,(H,25,31)(H,26,30)/t15-/m1/s1. The van der Waals surface area contributed by atoms with Gasteiger partial charge in [-0.15, -0.1) is 16.8 Å². The summed E-state index contributed by atoms with van der Waals surface area (Å²) in [7, 11) is 1.56. The number of carbonyl (C=O) groups is 2. The van der Waals surface area contributed by atoms with Crippen LogP contribution in [0.2, 0.25) is 0 Å². The van der Waals surface area contributed by atoms with Gasteiger partial charge in [0.15, 0.2) is 11.0 Å². The van der Waals surface area contributed by atoms with Gasteiger partial charge in [0, 0.05) is 12.1 Å². The molecule has 10 heteroatoms. The lowest BCUT2D eigenvalue weighted by atomic mass is 10.2. The van der Waals surface area contributed by atoms with E-state index in [1.807, 2.05) is 0 Å². The number of amides is 2. The number of carbonyl (C=O) groups excluding carboxylic acids is 2. The smallest absolute Gasteiger partial charge is 0.251 e. The second-order valence-corrected chi connectivity index (χ2v) is 7.92. The minimum absolute atomic E-state index is 0.0101. The molecular weight excluding hydrogens is 445 g/mol. The highest BCUT2D eigenvalue weighted by molar-refractivity contribution is 7.99. The quantitative estimate of drug-likeness (QED) is 0.346. The zero-order valence-corrected chi connectivity index (χ0v) is 19.1. The highest BCUT2D eigenvalue weighted by atomic mass is 32.2. The van der Waals surface area contributed by atoms with Crippen LogP contribution in [-0.4, -0.2) is 39.4 Å². The maximum atomic E-state index is 13.7. The van der Waals surface area contributed by atoms with Gasteiger partial charge in [-0.3, -0.25) is 9.59 Å². The van der Waals surface area contributed by atoms with Gasteiger partial charge in [0.25, 0.3) is 5.91 Å². The van der Waals surface area contributed by atoms with Crippen LogP contribution in [0.1, 0.15) is 29.1 Å². The Morgan fingerprint density at radius 1 is 1.21 bits per heavy atom. The first-order valence-corrected chi connectivity index (χ1v) is 11.1. The molecule has 1 heterocycles. The van der Waals surface area contributed by atoms with Gasteiger partial charge >= 0.3 is 0 Å². The van der Waals surface area contributed by atoms with Crippen LogP contribution in [0, 0.1) is 5.82 Å². The van der Waals surface area contributed by atoms with E-state index >= 15 is 0 Å². The Balaban J connectivity index is 1.66. The number of nitrogens with zero attached hydrogens (tertiary/aromatic N) is 3. The number of ether oxygens (including phenoxy) is 1. The van der Waals surface area contributed by atoms with E-state index in [-0.39, 0.29) is 23.3 Å². The lowest BCUT2D eigenvalue weighted by Crippen LogP contribution is -2.28. The van der Waals surface area contributed by atoms with E-state index in [4.69, 9.17) is 4.74 Å². The molecule has 33 heavy (non-hydrogen) atoms. The molecule has 8 nitrogen and oxygen atoms in total. The van der Waals surface area contributed by atoms with Gasteiger partial charge in [0.1, 0.15) is 11.6 Å². The number of para-hydroxylation sites is 1. The second-order valence-electron chi connectivity index (χ2n) is 6.98. The van der Waals surface area contributed by atoms with Crippen molar-refractivity contribution in [3.63, 3.8) is 0 Å². The fraction of sp³-hybridized carbons (Fsp3) is 0.217. The van der Waals surface area contributed by atoms with E-state index in [2.05, 4.69) is 27.4 Å². The highest BCUT2D eigenvalue weighted by Crippen LogP contribution is 2.22. The summed E-state index contributed by atoms with van der Waals surface area (Å²) in [5.74, 6) is 0.0440. The molecule has 0 saturated heterocycles. The van der Waals surface area contributed by atoms with Crippen molar-refractivity contribution in [1.29, 1.82) is 0 Å². The van der Waals surface area contributed by atoms with Gasteiger partial charge in [-0.05, 0) is 43.3 Å². The molecule has 2 aromatic carbocycles. The highest BCUT2D eigenvalue weighted by Gasteiger charge is 2.20. The fourth-order valence-electron chi connectivity index (χ4n) is 2.99. The number of hydrogen-bond acceptors (Lipinski definition) is 6. The summed E-state index contributed by atoms with van der Waals surface area (Å²) in [5, 5.41) is 14.3. The van der Waals surface area contributed by atoms with Crippen LogP contribution < -0.4 is 15.4 Å².